The number of aryl methyl sites for hydroxylation is 2. The zero-order valence-electron chi connectivity index (χ0n) is 17.9. The smallest absolute Gasteiger partial charge is 0.227 e. The van der Waals surface area contributed by atoms with Gasteiger partial charge in [0.1, 0.15) is 0 Å². The molecule has 1 amide bonds. The van der Waals surface area contributed by atoms with Crippen LogP contribution in [0.25, 0.3) is 0 Å². The molecule has 0 saturated carbocycles. The molecule has 4 heteroatoms. The van der Waals surface area contributed by atoms with E-state index in [0.717, 1.165) is 38.2 Å². The highest BCUT2D eigenvalue weighted by atomic mass is 16.5. The molecule has 30 heavy (non-hydrogen) atoms. The molecule has 2 aromatic carbocycles. The summed E-state index contributed by atoms with van der Waals surface area (Å²) >= 11 is 0. The predicted molar refractivity (Wildman–Crippen MR) is 122 cm³/mol. The lowest BCUT2D eigenvalue weighted by Gasteiger charge is -2.30. The number of rotatable bonds is 9. The van der Waals surface area contributed by atoms with E-state index in [1.165, 1.54) is 48.8 Å². The number of nitrogens with one attached hydrogen (secondary N) is 1. The predicted octanol–water partition coefficient (Wildman–Crippen LogP) is 4.65. The Morgan fingerprint density at radius 2 is 1.83 bits per heavy atom. The molecule has 2 aliphatic rings. The van der Waals surface area contributed by atoms with Gasteiger partial charge in [-0.1, -0.05) is 61.7 Å². The number of anilines is 1. The van der Waals surface area contributed by atoms with Crippen molar-refractivity contribution in [2.24, 2.45) is 0 Å². The van der Waals surface area contributed by atoms with Crippen LogP contribution in [0.1, 0.15) is 55.2 Å². The van der Waals surface area contributed by atoms with Gasteiger partial charge in [-0.3, -0.25) is 4.79 Å². The number of carbonyl (C=O) groups excluding carboxylic acids is 1. The van der Waals surface area contributed by atoms with Gasteiger partial charge < -0.3 is 15.0 Å². The lowest BCUT2D eigenvalue weighted by Crippen LogP contribution is -2.38. The van der Waals surface area contributed by atoms with Gasteiger partial charge in [0, 0.05) is 25.2 Å². The first-order chi connectivity index (χ1) is 14.8. The summed E-state index contributed by atoms with van der Waals surface area (Å²) in [6, 6.07) is 17.0. The lowest BCUT2D eigenvalue weighted by atomic mass is 9.96. The van der Waals surface area contributed by atoms with Crippen molar-refractivity contribution in [2.45, 2.75) is 64.0 Å². The molecule has 0 aromatic heterocycles. The molecule has 4 rings (SSSR count). The van der Waals surface area contributed by atoms with Gasteiger partial charge in [0.2, 0.25) is 5.91 Å². The minimum Gasteiger partial charge on any atom is -0.376 e. The second-order valence-electron chi connectivity index (χ2n) is 8.58. The van der Waals surface area contributed by atoms with E-state index in [1.54, 1.807) is 0 Å². The van der Waals surface area contributed by atoms with E-state index < -0.39 is 0 Å². The third-order valence-electron chi connectivity index (χ3n) is 6.27. The van der Waals surface area contributed by atoms with Crippen molar-refractivity contribution in [3.63, 3.8) is 0 Å². The second-order valence-corrected chi connectivity index (χ2v) is 8.58. The van der Waals surface area contributed by atoms with Gasteiger partial charge in [-0.25, -0.2) is 0 Å². The van der Waals surface area contributed by atoms with Crippen LogP contribution in [0.4, 0.5) is 5.69 Å². The zero-order valence-corrected chi connectivity index (χ0v) is 17.9. The summed E-state index contributed by atoms with van der Waals surface area (Å²) in [5.41, 5.74) is 5.00. The minimum absolute atomic E-state index is 0.233. The summed E-state index contributed by atoms with van der Waals surface area (Å²) in [6.07, 6.45) is 9.24. The summed E-state index contributed by atoms with van der Waals surface area (Å²) in [6.45, 7) is 3.53. The molecule has 1 saturated heterocycles. The molecule has 4 nitrogen and oxygen atoms in total. The Kier molecular flexibility index (Phi) is 7.54. The zero-order chi connectivity index (χ0) is 20.6. The number of morpholine rings is 1. The van der Waals surface area contributed by atoms with Crippen molar-refractivity contribution in [3.8, 4) is 0 Å². The summed E-state index contributed by atoms with van der Waals surface area (Å²) in [5.74, 6) is 0.233. The van der Waals surface area contributed by atoms with Gasteiger partial charge in [0.05, 0.1) is 19.3 Å². The largest absolute Gasteiger partial charge is 0.376 e. The van der Waals surface area contributed by atoms with Crippen molar-refractivity contribution >= 4 is 11.6 Å². The van der Waals surface area contributed by atoms with Crippen LogP contribution in [0, 0.1) is 0 Å². The molecule has 0 bridgehead atoms. The fraction of sp³-hybridized carbons (Fsp3) is 0.500. The highest BCUT2D eigenvalue weighted by molar-refractivity contribution is 5.96. The van der Waals surface area contributed by atoms with E-state index >= 15 is 0 Å². The normalized spacial score (nSPS) is 19.0. The van der Waals surface area contributed by atoms with E-state index in [2.05, 4.69) is 35.6 Å². The molecule has 2 aromatic rings. The number of fused-ring (bicyclic) bond motifs is 1. The number of hydrogen-bond acceptors (Lipinski definition) is 3. The minimum atomic E-state index is 0.233. The van der Waals surface area contributed by atoms with E-state index in [4.69, 9.17) is 4.74 Å². The van der Waals surface area contributed by atoms with Gasteiger partial charge in [-0.05, 0) is 48.4 Å². The Morgan fingerprint density at radius 3 is 2.67 bits per heavy atom. The molecule has 1 atom stereocenters. The van der Waals surface area contributed by atoms with E-state index in [9.17, 15) is 4.79 Å². The Balaban J connectivity index is 1.25. The van der Waals surface area contributed by atoms with Crippen LogP contribution in [0.5, 0.6) is 0 Å². The number of carbonyl (C=O) groups is 1. The molecule has 1 fully saturated rings. The molecule has 0 aliphatic carbocycles. The molecule has 2 aliphatic heterocycles. The molecule has 160 valence electrons. The number of amides is 1. The van der Waals surface area contributed by atoms with Crippen molar-refractivity contribution in [1.82, 2.24) is 5.32 Å². The van der Waals surface area contributed by atoms with Gasteiger partial charge in [0.15, 0.2) is 0 Å². The number of ether oxygens (including phenoxy) is 1. The number of hydrogen-bond donors (Lipinski definition) is 1. The second kappa shape index (κ2) is 10.7. The first-order valence-corrected chi connectivity index (χ1v) is 11.6. The Morgan fingerprint density at radius 1 is 0.967 bits per heavy atom. The standard InChI is InChI=1S/C26H34N2O2/c29-26-15-13-23-18-21(8-4-1-2-7-11-24-19-27-16-17-30-24)12-14-25(23)28(26)20-22-9-5-3-6-10-22/h3,5-6,9-10,12,14,18,24,27H,1-2,4,7-8,11,13,15-17,19-20H2. The average Bonchev–Trinajstić information content (AvgIpc) is 2.79. The molecule has 0 spiro atoms. The monoisotopic (exact) mass is 406 g/mol. The molecule has 1 N–H and O–H groups in total. The maximum Gasteiger partial charge on any atom is 0.227 e. The third-order valence-corrected chi connectivity index (χ3v) is 6.27. The summed E-state index contributed by atoms with van der Waals surface area (Å²) < 4.78 is 5.77. The van der Waals surface area contributed by atoms with Crippen molar-refractivity contribution < 1.29 is 9.53 Å². The third kappa shape index (κ3) is 5.71. The summed E-state index contributed by atoms with van der Waals surface area (Å²) in [7, 11) is 0. The van der Waals surface area contributed by atoms with Crippen LogP contribution in [0.15, 0.2) is 48.5 Å². The number of benzene rings is 2. The van der Waals surface area contributed by atoms with E-state index in [1.807, 2.05) is 23.1 Å². The van der Waals surface area contributed by atoms with Crippen LogP contribution in [0.3, 0.4) is 0 Å². The van der Waals surface area contributed by atoms with Gasteiger partial charge >= 0.3 is 0 Å². The van der Waals surface area contributed by atoms with Crippen LogP contribution in [-0.2, 0) is 28.9 Å². The van der Waals surface area contributed by atoms with Crippen molar-refractivity contribution in [2.75, 3.05) is 24.6 Å². The van der Waals surface area contributed by atoms with Gasteiger partial charge in [-0.15, -0.1) is 0 Å². The van der Waals surface area contributed by atoms with E-state index in [-0.39, 0.29) is 5.91 Å². The van der Waals surface area contributed by atoms with Crippen LogP contribution in [-0.4, -0.2) is 31.7 Å². The molecular formula is C26H34N2O2. The average molecular weight is 407 g/mol. The maximum absolute atomic E-state index is 12.5. The summed E-state index contributed by atoms with van der Waals surface area (Å²) in [4.78, 5) is 14.5. The topological polar surface area (TPSA) is 41.6 Å². The Hall–Kier alpha value is -2.17. The first kappa shape index (κ1) is 21.1. The number of nitrogens with zero attached hydrogens (tertiary/aromatic N) is 1. The molecule has 0 radical (unpaired) electrons. The first-order valence-electron chi connectivity index (χ1n) is 11.6. The van der Waals surface area contributed by atoms with E-state index in [0.29, 0.717) is 19.1 Å². The van der Waals surface area contributed by atoms with Crippen LogP contribution in [0.2, 0.25) is 0 Å². The fourth-order valence-corrected chi connectivity index (χ4v) is 4.57. The SMILES string of the molecule is O=C1CCc2cc(CCCCCCC3CNCCO3)ccc2N1Cc1ccccc1. The Bertz CT molecular complexity index is 815. The molecule has 1 unspecified atom stereocenters. The van der Waals surface area contributed by atoms with Crippen LogP contribution >= 0.6 is 0 Å². The quantitative estimate of drug-likeness (QED) is 0.617. The lowest BCUT2D eigenvalue weighted by molar-refractivity contribution is -0.119. The Labute approximate surface area is 180 Å². The number of unbranched alkanes of at least 4 members (excludes halogenated alkanes) is 3. The maximum atomic E-state index is 12.5. The highest BCUT2D eigenvalue weighted by Crippen LogP contribution is 2.30. The van der Waals surface area contributed by atoms with Crippen LogP contribution < -0.4 is 10.2 Å². The highest BCUT2D eigenvalue weighted by Gasteiger charge is 2.24. The van der Waals surface area contributed by atoms with Crippen molar-refractivity contribution in [1.29, 1.82) is 0 Å². The van der Waals surface area contributed by atoms with Gasteiger partial charge in [0.25, 0.3) is 0 Å². The molecule has 2 heterocycles. The van der Waals surface area contributed by atoms with Crippen molar-refractivity contribution in [3.05, 3.63) is 65.2 Å². The fourth-order valence-electron chi connectivity index (χ4n) is 4.57. The molecular weight excluding hydrogens is 372 g/mol. The van der Waals surface area contributed by atoms with Gasteiger partial charge in [-0.2, -0.15) is 0 Å². The summed E-state index contributed by atoms with van der Waals surface area (Å²) in [5, 5.41) is 3.40.